The van der Waals surface area contributed by atoms with Crippen LogP contribution in [0.1, 0.15) is 21.8 Å². The van der Waals surface area contributed by atoms with Crippen molar-refractivity contribution in [2.45, 2.75) is 13.8 Å². The van der Waals surface area contributed by atoms with Gasteiger partial charge < -0.3 is 14.0 Å². The maximum atomic E-state index is 11.9. The number of hydrogen-bond donors (Lipinski definition) is 2. The molecule has 0 spiro atoms. The van der Waals surface area contributed by atoms with Gasteiger partial charge in [-0.1, -0.05) is 16.8 Å². The molecule has 10 heteroatoms. The van der Waals surface area contributed by atoms with Crippen molar-refractivity contribution in [2.24, 2.45) is 0 Å². The minimum atomic E-state index is -0.742. The van der Waals surface area contributed by atoms with E-state index in [2.05, 4.69) is 16.0 Å². The molecule has 0 saturated carbocycles. The first-order valence-corrected chi connectivity index (χ1v) is 7.80. The van der Waals surface area contributed by atoms with E-state index in [9.17, 15) is 14.4 Å². The molecule has 2 amide bonds. The highest BCUT2D eigenvalue weighted by molar-refractivity contribution is 6.30. The summed E-state index contributed by atoms with van der Waals surface area (Å²) in [5, 5.41) is 4.16. The Kier molecular flexibility index (Phi) is 6.56. The molecule has 0 aliphatic heterocycles. The van der Waals surface area contributed by atoms with Crippen LogP contribution in [0.5, 0.6) is 5.75 Å². The number of esters is 1. The van der Waals surface area contributed by atoms with Crippen LogP contribution in [0.2, 0.25) is 5.02 Å². The van der Waals surface area contributed by atoms with Gasteiger partial charge in [0.05, 0.1) is 5.69 Å². The van der Waals surface area contributed by atoms with Crippen LogP contribution in [0.4, 0.5) is 0 Å². The summed E-state index contributed by atoms with van der Waals surface area (Å²) in [5.41, 5.74) is 4.76. The summed E-state index contributed by atoms with van der Waals surface area (Å²) in [6, 6.07) is 6.43. The number of nitrogens with zero attached hydrogens (tertiary/aromatic N) is 1. The molecule has 0 aliphatic rings. The van der Waals surface area contributed by atoms with Crippen molar-refractivity contribution in [3.05, 3.63) is 46.3 Å². The lowest BCUT2D eigenvalue weighted by Gasteiger charge is -2.09. The highest BCUT2D eigenvalue weighted by Crippen LogP contribution is 2.15. The van der Waals surface area contributed by atoms with Crippen molar-refractivity contribution in [1.82, 2.24) is 16.0 Å². The summed E-state index contributed by atoms with van der Waals surface area (Å²) >= 11 is 5.73. The number of nitrogens with one attached hydrogen (secondary N) is 2. The van der Waals surface area contributed by atoms with Gasteiger partial charge in [0.15, 0.2) is 13.2 Å². The molecule has 138 valence electrons. The van der Waals surface area contributed by atoms with Crippen LogP contribution in [0.3, 0.4) is 0 Å². The Morgan fingerprint density at radius 2 is 1.69 bits per heavy atom. The van der Waals surface area contributed by atoms with Crippen molar-refractivity contribution in [1.29, 1.82) is 0 Å². The van der Waals surface area contributed by atoms with E-state index in [-0.39, 0.29) is 12.2 Å². The zero-order valence-electron chi connectivity index (χ0n) is 14.0. The smallest absolute Gasteiger partial charge is 0.344 e. The number of aryl methyl sites for hydroxylation is 2. The number of benzene rings is 1. The fourth-order valence-electron chi connectivity index (χ4n) is 1.87. The summed E-state index contributed by atoms with van der Waals surface area (Å²) in [5.74, 6) is -1.31. The minimum absolute atomic E-state index is 0.165. The number of aromatic nitrogens is 1. The van der Waals surface area contributed by atoms with E-state index in [0.29, 0.717) is 22.2 Å². The molecule has 0 bridgehead atoms. The average molecular weight is 382 g/mol. The molecular weight excluding hydrogens is 366 g/mol. The molecule has 1 heterocycles. The second-order valence-electron chi connectivity index (χ2n) is 5.11. The largest absolute Gasteiger partial charge is 0.484 e. The van der Waals surface area contributed by atoms with Crippen LogP contribution in [-0.4, -0.2) is 36.2 Å². The molecule has 0 aliphatic carbocycles. The van der Waals surface area contributed by atoms with Gasteiger partial charge in [0.1, 0.15) is 17.1 Å². The lowest BCUT2D eigenvalue weighted by Crippen LogP contribution is -2.45. The van der Waals surface area contributed by atoms with Gasteiger partial charge in [-0.15, -0.1) is 0 Å². The number of carbonyl (C=O) groups is 3. The summed E-state index contributed by atoms with van der Waals surface area (Å²) in [4.78, 5) is 35.1. The fourth-order valence-corrected chi connectivity index (χ4v) is 1.99. The predicted molar refractivity (Wildman–Crippen MR) is 89.5 cm³/mol. The Bertz CT molecular complexity index is 783. The van der Waals surface area contributed by atoms with E-state index in [1.807, 2.05) is 0 Å². The molecule has 0 atom stereocenters. The quantitative estimate of drug-likeness (QED) is 0.572. The summed E-state index contributed by atoms with van der Waals surface area (Å²) in [7, 11) is 0. The Hall–Kier alpha value is -3.07. The summed E-state index contributed by atoms with van der Waals surface area (Å²) < 4.78 is 14.9. The zero-order chi connectivity index (χ0) is 19.1. The summed E-state index contributed by atoms with van der Waals surface area (Å²) in [6.07, 6.45) is 0. The van der Waals surface area contributed by atoms with Gasteiger partial charge in [-0.05, 0) is 38.1 Å². The standard InChI is InChI=1S/C16H16ClN3O6/c1-9-15(10(2)26-20-9)16(23)25-8-14(22)19-18-13(21)7-24-12-5-3-11(17)4-6-12/h3-6H,7-8H2,1-2H3,(H,18,21)(H,19,22). The normalized spacial score (nSPS) is 10.1. The molecule has 1 aromatic heterocycles. The second kappa shape index (κ2) is 8.86. The molecule has 1 aromatic carbocycles. The van der Waals surface area contributed by atoms with Crippen LogP contribution in [0, 0.1) is 13.8 Å². The van der Waals surface area contributed by atoms with Crippen LogP contribution in [-0.2, 0) is 14.3 Å². The number of carbonyl (C=O) groups excluding carboxylic acids is 3. The van der Waals surface area contributed by atoms with Crippen molar-refractivity contribution < 1.29 is 28.4 Å². The van der Waals surface area contributed by atoms with Gasteiger partial charge in [-0.2, -0.15) is 0 Å². The first-order valence-electron chi connectivity index (χ1n) is 7.43. The van der Waals surface area contributed by atoms with Crippen molar-refractivity contribution in [2.75, 3.05) is 13.2 Å². The fraction of sp³-hybridized carbons (Fsp3) is 0.250. The third-order valence-corrected chi connectivity index (χ3v) is 3.35. The van der Waals surface area contributed by atoms with Crippen molar-refractivity contribution in [3.63, 3.8) is 0 Å². The minimum Gasteiger partial charge on any atom is -0.484 e. The SMILES string of the molecule is Cc1noc(C)c1C(=O)OCC(=O)NNC(=O)COc1ccc(Cl)cc1. The van der Waals surface area contributed by atoms with Crippen LogP contribution in [0.15, 0.2) is 28.8 Å². The summed E-state index contributed by atoms with van der Waals surface area (Å²) in [6.45, 7) is 2.23. The first kappa shape index (κ1) is 19.3. The Morgan fingerprint density at radius 1 is 1.08 bits per heavy atom. The third-order valence-electron chi connectivity index (χ3n) is 3.10. The van der Waals surface area contributed by atoms with E-state index >= 15 is 0 Å². The first-order chi connectivity index (χ1) is 12.4. The second-order valence-corrected chi connectivity index (χ2v) is 5.55. The number of hydrogen-bond acceptors (Lipinski definition) is 7. The molecule has 2 aromatic rings. The van der Waals surface area contributed by atoms with Gasteiger partial charge in [0.2, 0.25) is 0 Å². The van der Waals surface area contributed by atoms with Crippen LogP contribution >= 0.6 is 11.6 Å². The Balaban J connectivity index is 1.68. The van der Waals surface area contributed by atoms with Crippen molar-refractivity contribution >= 4 is 29.4 Å². The number of rotatable bonds is 6. The molecule has 9 nitrogen and oxygen atoms in total. The molecular formula is C16H16ClN3O6. The van der Waals surface area contributed by atoms with E-state index in [4.69, 9.17) is 25.6 Å². The molecule has 2 N–H and O–H groups in total. The zero-order valence-corrected chi connectivity index (χ0v) is 14.8. The third kappa shape index (κ3) is 5.49. The maximum absolute atomic E-state index is 11.9. The van der Waals surface area contributed by atoms with Gasteiger partial charge in [-0.25, -0.2) is 4.79 Å². The predicted octanol–water partition coefficient (Wildman–Crippen LogP) is 1.33. The molecule has 0 saturated heterocycles. The Morgan fingerprint density at radius 3 is 2.27 bits per heavy atom. The lowest BCUT2D eigenvalue weighted by atomic mass is 10.2. The molecule has 26 heavy (non-hydrogen) atoms. The van der Waals surface area contributed by atoms with Crippen LogP contribution < -0.4 is 15.6 Å². The van der Waals surface area contributed by atoms with Crippen LogP contribution in [0.25, 0.3) is 0 Å². The van der Waals surface area contributed by atoms with E-state index < -0.39 is 24.4 Å². The number of halogens is 1. The topological polar surface area (TPSA) is 120 Å². The van der Waals surface area contributed by atoms with Gasteiger partial charge in [-0.3, -0.25) is 20.4 Å². The van der Waals surface area contributed by atoms with Gasteiger partial charge >= 0.3 is 5.97 Å². The van der Waals surface area contributed by atoms with Gasteiger partial charge in [0.25, 0.3) is 11.8 Å². The molecule has 0 unspecified atom stereocenters. The molecule has 0 radical (unpaired) electrons. The number of hydrazine groups is 1. The Labute approximate surface area is 153 Å². The molecule has 2 rings (SSSR count). The highest BCUT2D eigenvalue weighted by Gasteiger charge is 2.20. The molecule has 0 fully saturated rings. The maximum Gasteiger partial charge on any atom is 0.344 e. The monoisotopic (exact) mass is 381 g/mol. The van der Waals surface area contributed by atoms with E-state index in [1.165, 1.54) is 0 Å². The van der Waals surface area contributed by atoms with E-state index in [1.54, 1.807) is 38.1 Å². The lowest BCUT2D eigenvalue weighted by molar-refractivity contribution is -0.131. The van der Waals surface area contributed by atoms with Gasteiger partial charge in [0, 0.05) is 5.02 Å². The number of ether oxygens (including phenoxy) is 2. The van der Waals surface area contributed by atoms with E-state index in [0.717, 1.165) is 0 Å². The van der Waals surface area contributed by atoms with Crippen molar-refractivity contribution in [3.8, 4) is 5.75 Å². The number of amides is 2. The average Bonchev–Trinajstić information content (AvgIpc) is 2.96. The highest BCUT2D eigenvalue weighted by atomic mass is 35.5.